The van der Waals surface area contributed by atoms with Crippen molar-refractivity contribution in [3.8, 4) is 5.75 Å². The minimum Gasteiger partial charge on any atom is -0.378 e. The third kappa shape index (κ3) is 3.92. The van der Waals surface area contributed by atoms with Crippen LogP contribution in [0.2, 0.25) is 0 Å². The Morgan fingerprint density at radius 2 is 1.22 bits per heavy atom. The molecule has 0 heterocycles. The second-order valence-corrected chi connectivity index (χ2v) is 9.07. The maximum atomic E-state index is 12.4. The summed E-state index contributed by atoms with van der Waals surface area (Å²) in [4.78, 5) is -0.0385. The summed E-state index contributed by atoms with van der Waals surface area (Å²) in [6.45, 7) is 5.47. The molecule has 0 N–H and O–H groups in total. The van der Waals surface area contributed by atoms with Crippen LogP contribution in [-0.2, 0) is 20.0 Å². The number of hydrogen-bond acceptors (Lipinski definition) is 5. The fourth-order valence-electron chi connectivity index (χ4n) is 2.31. The number of rotatable bonds is 4. The van der Waals surface area contributed by atoms with E-state index in [1.54, 1.807) is 13.8 Å². The number of benzene rings is 2. The van der Waals surface area contributed by atoms with Gasteiger partial charge in [-0.1, -0.05) is 17.7 Å². The van der Waals surface area contributed by atoms with E-state index in [2.05, 4.69) is 0 Å². The predicted molar refractivity (Wildman–Crippen MR) is 88.0 cm³/mol. The largest absolute Gasteiger partial charge is 0.378 e. The van der Waals surface area contributed by atoms with E-state index in [0.717, 1.165) is 22.9 Å². The lowest BCUT2D eigenvalue weighted by Crippen LogP contribution is -2.12. The molecule has 0 aliphatic rings. The summed E-state index contributed by atoms with van der Waals surface area (Å²) >= 11 is 0. The normalized spacial score (nSPS) is 12.2. The zero-order valence-corrected chi connectivity index (χ0v) is 15.0. The molecule has 0 aliphatic heterocycles. The van der Waals surface area contributed by atoms with Gasteiger partial charge in [-0.15, -0.1) is 0 Å². The lowest BCUT2D eigenvalue weighted by molar-refractivity contribution is 0.482. The summed E-state index contributed by atoms with van der Waals surface area (Å²) in [5.41, 5.74) is 2.46. The minimum atomic E-state index is -4.03. The lowest BCUT2D eigenvalue weighted by atomic mass is 10.1. The highest BCUT2D eigenvalue weighted by atomic mass is 32.2. The molecular weight excluding hydrogens is 336 g/mol. The van der Waals surface area contributed by atoms with Crippen molar-refractivity contribution in [2.24, 2.45) is 0 Å². The van der Waals surface area contributed by atoms with E-state index in [-0.39, 0.29) is 9.79 Å². The Bertz CT molecular complexity index is 917. The smallest absolute Gasteiger partial charge is 0.339 e. The molecule has 2 rings (SSSR count). The van der Waals surface area contributed by atoms with Crippen LogP contribution in [0, 0.1) is 20.8 Å². The van der Waals surface area contributed by atoms with Crippen molar-refractivity contribution in [1.29, 1.82) is 0 Å². The molecule has 23 heavy (non-hydrogen) atoms. The van der Waals surface area contributed by atoms with Gasteiger partial charge in [0.05, 0.1) is 4.90 Å². The summed E-state index contributed by atoms with van der Waals surface area (Å²) in [7, 11) is -7.41. The number of hydrogen-bond donors (Lipinski definition) is 0. The second-order valence-electron chi connectivity index (χ2n) is 5.51. The Morgan fingerprint density at radius 3 is 1.65 bits per heavy atom. The van der Waals surface area contributed by atoms with Gasteiger partial charge >= 0.3 is 10.1 Å². The minimum absolute atomic E-state index is 0.0548. The van der Waals surface area contributed by atoms with Crippen molar-refractivity contribution in [2.45, 2.75) is 30.6 Å². The van der Waals surface area contributed by atoms with Crippen LogP contribution in [0.1, 0.15) is 16.7 Å². The van der Waals surface area contributed by atoms with Crippen LogP contribution >= 0.6 is 0 Å². The molecule has 0 unspecified atom stereocenters. The Kier molecular flexibility index (Phi) is 4.54. The first-order valence-electron chi connectivity index (χ1n) is 6.83. The van der Waals surface area contributed by atoms with E-state index in [4.69, 9.17) is 4.18 Å². The van der Waals surface area contributed by atoms with Crippen LogP contribution < -0.4 is 4.18 Å². The zero-order chi connectivity index (χ0) is 17.4. The van der Waals surface area contributed by atoms with Gasteiger partial charge in [0.1, 0.15) is 10.6 Å². The standard InChI is InChI=1S/C16H18O5S2/c1-11-9-12(2)16(13(3)10-11)21-23(19,20)15-7-5-14(6-8-15)22(4,17)18/h5-10H,1-4H3. The van der Waals surface area contributed by atoms with Crippen molar-refractivity contribution in [3.63, 3.8) is 0 Å². The molecule has 0 radical (unpaired) electrons. The van der Waals surface area contributed by atoms with E-state index in [0.29, 0.717) is 5.75 Å². The van der Waals surface area contributed by atoms with Crippen LogP contribution in [0.15, 0.2) is 46.2 Å². The topological polar surface area (TPSA) is 77.5 Å². The third-order valence-corrected chi connectivity index (χ3v) is 5.70. The summed E-state index contributed by atoms with van der Waals surface area (Å²) < 4.78 is 52.9. The molecule has 0 saturated carbocycles. The number of sulfone groups is 1. The molecule has 0 fully saturated rings. The van der Waals surface area contributed by atoms with Crippen LogP contribution in [-0.4, -0.2) is 23.1 Å². The monoisotopic (exact) mass is 354 g/mol. The average Bonchev–Trinajstić information content (AvgIpc) is 2.42. The Labute approximate surface area is 137 Å². The highest BCUT2D eigenvalue weighted by molar-refractivity contribution is 7.90. The molecule has 0 aromatic heterocycles. The molecule has 2 aromatic carbocycles. The average molecular weight is 354 g/mol. The van der Waals surface area contributed by atoms with Gasteiger partial charge in [-0.3, -0.25) is 0 Å². The molecule has 124 valence electrons. The van der Waals surface area contributed by atoms with Crippen molar-refractivity contribution in [3.05, 3.63) is 53.1 Å². The van der Waals surface area contributed by atoms with Gasteiger partial charge in [0, 0.05) is 6.26 Å². The molecule has 0 atom stereocenters. The van der Waals surface area contributed by atoms with E-state index in [1.807, 2.05) is 19.1 Å². The van der Waals surface area contributed by atoms with Gasteiger partial charge in [-0.25, -0.2) is 8.42 Å². The molecule has 0 saturated heterocycles. The Morgan fingerprint density at radius 1 is 0.783 bits per heavy atom. The maximum Gasteiger partial charge on any atom is 0.339 e. The zero-order valence-electron chi connectivity index (χ0n) is 13.3. The Balaban J connectivity index is 2.40. The van der Waals surface area contributed by atoms with Gasteiger partial charge in [-0.05, 0) is 56.2 Å². The molecule has 0 amide bonds. The van der Waals surface area contributed by atoms with E-state index in [1.165, 1.54) is 24.3 Å². The van der Waals surface area contributed by atoms with Gasteiger partial charge < -0.3 is 4.18 Å². The molecule has 0 aliphatic carbocycles. The van der Waals surface area contributed by atoms with Gasteiger partial charge in [0.15, 0.2) is 9.84 Å². The van der Waals surface area contributed by atoms with Crippen molar-refractivity contribution in [1.82, 2.24) is 0 Å². The van der Waals surface area contributed by atoms with Crippen LogP contribution in [0.25, 0.3) is 0 Å². The molecule has 0 bridgehead atoms. The van der Waals surface area contributed by atoms with Gasteiger partial charge in [-0.2, -0.15) is 8.42 Å². The first kappa shape index (κ1) is 17.5. The molecular formula is C16H18O5S2. The number of aryl methyl sites for hydroxylation is 3. The SMILES string of the molecule is Cc1cc(C)c(OS(=O)(=O)c2ccc(S(C)(=O)=O)cc2)c(C)c1. The van der Waals surface area contributed by atoms with E-state index < -0.39 is 20.0 Å². The summed E-state index contributed by atoms with van der Waals surface area (Å²) in [6, 6.07) is 8.63. The fourth-order valence-corrected chi connectivity index (χ4v) is 3.99. The lowest BCUT2D eigenvalue weighted by Gasteiger charge is -2.13. The van der Waals surface area contributed by atoms with Crippen LogP contribution in [0.5, 0.6) is 5.75 Å². The predicted octanol–water partition coefficient (Wildman–Crippen LogP) is 2.78. The van der Waals surface area contributed by atoms with Crippen molar-refractivity contribution in [2.75, 3.05) is 6.26 Å². The van der Waals surface area contributed by atoms with Gasteiger partial charge in [0.2, 0.25) is 0 Å². The second kappa shape index (κ2) is 5.98. The van der Waals surface area contributed by atoms with Gasteiger partial charge in [0.25, 0.3) is 0 Å². The third-order valence-electron chi connectivity index (χ3n) is 3.34. The molecule has 0 spiro atoms. The summed E-state index contributed by atoms with van der Waals surface area (Å²) in [5.74, 6) is 0.294. The summed E-state index contributed by atoms with van der Waals surface area (Å²) in [5, 5.41) is 0. The van der Waals surface area contributed by atoms with Crippen molar-refractivity contribution >= 4 is 20.0 Å². The quantitative estimate of drug-likeness (QED) is 0.789. The Hall–Kier alpha value is -1.86. The van der Waals surface area contributed by atoms with E-state index in [9.17, 15) is 16.8 Å². The first-order chi connectivity index (χ1) is 10.5. The molecule has 7 heteroatoms. The highest BCUT2D eigenvalue weighted by Gasteiger charge is 2.20. The highest BCUT2D eigenvalue weighted by Crippen LogP contribution is 2.28. The molecule has 5 nitrogen and oxygen atoms in total. The summed E-state index contributed by atoms with van der Waals surface area (Å²) in [6.07, 6.45) is 1.06. The fraction of sp³-hybridized carbons (Fsp3) is 0.250. The van der Waals surface area contributed by atoms with Crippen LogP contribution in [0.3, 0.4) is 0 Å². The van der Waals surface area contributed by atoms with E-state index >= 15 is 0 Å². The maximum absolute atomic E-state index is 12.4. The first-order valence-corrected chi connectivity index (χ1v) is 10.1. The van der Waals surface area contributed by atoms with Crippen molar-refractivity contribution < 1.29 is 21.0 Å². The van der Waals surface area contributed by atoms with Crippen LogP contribution in [0.4, 0.5) is 0 Å². The molecule has 2 aromatic rings.